The molecule has 0 fully saturated rings. The summed E-state index contributed by atoms with van der Waals surface area (Å²) in [6, 6.07) is 6.33. The molecule has 8 heteroatoms. The highest BCUT2D eigenvalue weighted by molar-refractivity contribution is 7.12. The summed E-state index contributed by atoms with van der Waals surface area (Å²) in [5, 5.41) is 1.35. The van der Waals surface area contributed by atoms with Crippen molar-refractivity contribution in [1.29, 1.82) is 0 Å². The molecule has 21 heavy (non-hydrogen) atoms. The summed E-state index contributed by atoms with van der Waals surface area (Å²) in [5.74, 6) is 0. The Morgan fingerprint density at radius 1 is 1.10 bits per heavy atom. The van der Waals surface area contributed by atoms with Crippen LogP contribution in [0.1, 0.15) is 5.56 Å². The van der Waals surface area contributed by atoms with Crippen LogP contribution in [-0.4, -0.2) is 9.55 Å². The third-order valence-electron chi connectivity index (χ3n) is 2.96. The monoisotopic (exact) mass is 312 g/mol. The number of alkyl halides is 3. The zero-order chi connectivity index (χ0) is 15.2. The van der Waals surface area contributed by atoms with Gasteiger partial charge in [-0.05, 0) is 29.6 Å². The Balaban J connectivity index is 2.50. The molecule has 2 aromatic heterocycles. The van der Waals surface area contributed by atoms with Crippen molar-refractivity contribution >= 4 is 22.2 Å². The van der Waals surface area contributed by atoms with Crippen molar-refractivity contribution in [3.05, 3.63) is 62.1 Å². The Labute approximate surface area is 119 Å². The van der Waals surface area contributed by atoms with Gasteiger partial charge in [0.05, 0.1) is 16.5 Å². The number of rotatable bonds is 1. The average molecular weight is 312 g/mol. The molecule has 2 heterocycles. The quantitative estimate of drug-likeness (QED) is 0.751. The van der Waals surface area contributed by atoms with Gasteiger partial charge in [0.15, 0.2) is 0 Å². The fourth-order valence-corrected chi connectivity index (χ4v) is 2.82. The van der Waals surface area contributed by atoms with Crippen molar-refractivity contribution in [2.75, 3.05) is 0 Å². The van der Waals surface area contributed by atoms with Gasteiger partial charge in [0.2, 0.25) is 0 Å². The van der Waals surface area contributed by atoms with Crippen LogP contribution >= 0.6 is 11.3 Å². The lowest BCUT2D eigenvalue weighted by molar-refractivity contribution is -0.136. The lowest BCUT2D eigenvalue weighted by Gasteiger charge is -2.11. The molecule has 0 amide bonds. The van der Waals surface area contributed by atoms with Gasteiger partial charge in [0.1, 0.15) is 5.00 Å². The van der Waals surface area contributed by atoms with Crippen LogP contribution in [-0.2, 0) is 6.18 Å². The third-order valence-corrected chi connectivity index (χ3v) is 3.81. The van der Waals surface area contributed by atoms with Crippen LogP contribution in [0.4, 0.5) is 13.2 Å². The van der Waals surface area contributed by atoms with Crippen LogP contribution in [0.3, 0.4) is 0 Å². The van der Waals surface area contributed by atoms with E-state index in [2.05, 4.69) is 4.98 Å². The standard InChI is InChI=1S/C13H7F3N2O2S/c14-13(15,16)7-3-1-4-8-10(7)11(19)18(12(20)17-8)9-5-2-6-21-9/h1-6H,(H,17,20). The van der Waals surface area contributed by atoms with Gasteiger partial charge in [0, 0.05) is 0 Å². The average Bonchev–Trinajstić information content (AvgIpc) is 2.90. The van der Waals surface area contributed by atoms with Gasteiger partial charge in [-0.2, -0.15) is 13.2 Å². The topological polar surface area (TPSA) is 54.9 Å². The summed E-state index contributed by atoms with van der Waals surface area (Å²) in [7, 11) is 0. The van der Waals surface area contributed by atoms with Gasteiger partial charge in [-0.1, -0.05) is 6.07 Å². The van der Waals surface area contributed by atoms with E-state index in [1.54, 1.807) is 11.4 Å². The smallest absolute Gasteiger partial charge is 0.306 e. The number of thiophene rings is 1. The van der Waals surface area contributed by atoms with Crippen molar-refractivity contribution < 1.29 is 13.2 Å². The first kappa shape index (κ1) is 13.6. The van der Waals surface area contributed by atoms with Crippen molar-refractivity contribution in [2.45, 2.75) is 6.18 Å². The minimum absolute atomic E-state index is 0.132. The maximum Gasteiger partial charge on any atom is 0.417 e. The second kappa shape index (κ2) is 4.59. The van der Waals surface area contributed by atoms with Crippen LogP contribution in [0.5, 0.6) is 0 Å². The second-order valence-electron chi connectivity index (χ2n) is 4.25. The second-order valence-corrected chi connectivity index (χ2v) is 5.17. The lowest BCUT2D eigenvalue weighted by atomic mass is 10.1. The van der Waals surface area contributed by atoms with Gasteiger partial charge < -0.3 is 4.98 Å². The Kier molecular flexibility index (Phi) is 2.98. The van der Waals surface area contributed by atoms with E-state index in [4.69, 9.17) is 0 Å². The molecule has 4 nitrogen and oxygen atoms in total. The van der Waals surface area contributed by atoms with E-state index in [-0.39, 0.29) is 10.5 Å². The summed E-state index contributed by atoms with van der Waals surface area (Å²) in [6.07, 6.45) is -4.68. The number of nitrogens with zero attached hydrogens (tertiary/aromatic N) is 1. The number of hydrogen-bond acceptors (Lipinski definition) is 3. The Hall–Kier alpha value is -2.35. The van der Waals surface area contributed by atoms with Gasteiger partial charge in [-0.15, -0.1) is 11.3 Å². The van der Waals surface area contributed by atoms with Crippen molar-refractivity contribution in [2.24, 2.45) is 0 Å². The van der Waals surface area contributed by atoms with Gasteiger partial charge in [-0.3, -0.25) is 4.79 Å². The first-order valence-electron chi connectivity index (χ1n) is 5.79. The first-order valence-corrected chi connectivity index (χ1v) is 6.66. The van der Waals surface area contributed by atoms with E-state index in [0.29, 0.717) is 4.57 Å². The Morgan fingerprint density at radius 2 is 1.86 bits per heavy atom. The molecule has 0 saturated carbocycles. The molecule has 0 bridgehead atoms. The number of H-pyrrole nitrogens is 1. The molecule has 1 N–H and O–H groups in total. The molecule has 1 aromatic carbocycles. The zero-order valence-corrected chi connectivity index (χ0v) is 11.1. The number of aromatic amines is 1. The van der Waals surface area contributed by atoms with E-state index in [1.165, 1.54) is 12.1 Å². The van der Waals surface area contributed by atoms with Gasteiger partial charge >= 0.3 is 11.9 Å². The molecule has 0 atom stereocenters. The molecule has 108 valence electrons. The van der Waals surface area contributed by atoms with Crippen molar-refractivity contribution in [1.82, 2.24) is 9.55 Å². The van der Waals surface area contributed by atoms with E-state index in [1.807, 2.05) is 0 Å². The molecule has 0 aliphatic rings. The van der Waals surface area contributed by atoms with Gasteiger partial charge in [0.25, 0.3) is 5.56 Å². The third kappa shape index (κ3) is 2.17. The zero-order valence-electron chi connectivity index (χ0n) is 10.3. The first-order chi connectivity index (χ1) is 9.89. The number of aromatic nitrogens is 2. The summed E-state index contributed by atoms with van der Waals surface area (Å²) < 4.78 is 39.8. The summed E-state index contributed by atoms with van der Waals surface area (Å²) in [4.78, 5) is 26.6. The van der Waals surface area contributed by atoms with Gasteiger partial charge in [-0.25, -0.2) is 9.36 Å². The molecular weight excluding hydrogens is 305 g/mol. The summed E-state index contributed by atoms with van der Waals surface area (Å²) >= 11 is 1.09. The molecule has 0 radical (unpaired) electrons. The van der Waals surface area contributed by atoms with Crippen molar-refractivity contribution in [3.63, 3.8) is 0 Å². The fraction of sp³-hybridized carbons (Fsp3) is 0.0769. The van der Waals surface area contributed by atoms with E-state index >= 15 is 0 Å². The van der Waals surface area contributed by atoms with Crippen LogP contribution in [0.2, 0.25) is 0 Å². The predicted molar refractivity (Wildman–Crippen MR) is 73.0 cm³/mol. The molecular formula is C13H7F3N2O2S. The SMILES string of the molecule is O=c1[nH]c2cccc(C(F)(F)F)c2c(=O)n1-c1cccs1. The highest BCUT2D eigenvalue weighted by Gasteiger charge is 2.34. The minimum atomic E-state index is -4.68. The number of benzene rings is 1. The fourth-order valence-electron chi connectivity index (χ4n) is 2.10. The van der Waals surface area contributed by atoms with Crippen molar-refractivity contribution in [3.8, 4) is 5.00 Å². The molecule has 0 spiro atoms. The highest BCUT2D eigenvalue weighted by atomic mass is 32.1. The Bertz CT molecular complexity index is 923. The largest absolute Gasteiger partial charge is 0.417 e. The maximum absolute atomic E-state index is 13.0. The number of hydrogen-bond donors (Lipinski definition) is 1. The number of fused-ring (bicyclic) bond motifs is 1. The number of nitrogens with one attached hydrogen (secondary N) is 1. The minimum Gasteiger partial charge on any atom is -0.306 e. The number of halogens is 3. The normalized spacial score (nSPS) is 12.0. The summed E-state index contributed by atoms with van der Waals surface area (Å²) in [6.45, 7) is 0. The predicted octanol–water partition coefficient (Wildman–Crippen LogP) is 2.76. The Morgan fingerprint density at radius 3 is 2.48 bits per heavy atom. The molecule has 0 aliphatic heterocycles. The molecule has 3 rings (SSSR count). The molecule has 0 aliphatic carbocycles. The molecule has 3 aromatic rings. The van der Waals surface area contributed by atoms with E-state index < -0.39 is 28.4 Å². The van der Waals surface area contributed by atoms with E-state index in [0.717, 1.165) is 23.5 Å². The maximum atomic E-state index is 13.0. The van der Waals surface area contributed by atoms with E-state index in [9.17, 15) is 22.8 Å². The molecule has 0 unspecified atom stereocenters. The van der Waals surface area contributed by atoms with Crippen LogP contribution < -0.4 is 11.2 Å². The summed E-state index contributed by atoms with van der Waals surface area (Å²) in [5.41, 5.74) is -2.95. The lowest BCUT2D eigenvalue weighted by Crippen LogP contribution is -2.34. The van der Waals surface area contributed by atoms with Crippen LogP contribution in [0, 0.1) is 0 Å². The molecule has 0 saturated heterocycles. The van der Waals surface area contributed by atoms with Crippen LogP contribution in [0.25, 0.3) is 15.9 Å². The highest BCUT2D eigenvalue weighted by Crippen LogP contribution is 2.32. The van der Waals surface area contributed by atoms with Crippen LogP contribution in [0.15, 0.2) is 45.3 Å².